The Hall–Kier alpha value is -4.23. The van der Waals surface area contributed by atoms with E-state index in [1.165, 1.54) is 0 Å². The number of fused-ring (bicyclic) bond motifs is 1. The number of para-hydroxylation sites is 1. The van der Waals surface area contributed by atoms with E-state index in [-0.39, 0.29) is 12.2 Å². The zero-order chi connectivity index (χ0) is 23.7. The average Bonchev–Trinajstić information content (AvgIpc) is 3.25. The Morgan fingerprint density at radius 1 is 1.03 bits per heavy atom. The first kappa shape index (κ1) is 21.6. The Kier molecular flexibility index (Phi) is 5.69. The normalized spacial score (nSPS) is 14.8. The number of ether oxygens (including phenoxy) is 1. The minimum Gasteiger partial charge on any atom is -0.436 e. The van der Waals surface area contributed by atoms with E-state index in [2.05, 4.69) is 10.4 Å². The van der Waals surface area contributed by atoms with Crippen LogP contribution in [0.2, 0.25) is 0 Å². The Bertz CT molecular complexity index is 1390. The molecule has 0 saturated carbocycles. The monoisotopic (exact) mass is 452 g/mol. The lowest BCUT2D eigenvalue weighted by atomic mass is 9.95. The molecule has 1 aliphatic heterocycles. The Morgan fingerprint density at radius 2 is 1.82 bits per heavy atom. The number of carbonyl (C=O) groups excluding carboxylic acids is 2. The maximum atomic E-state index is 13.3. The number of aryl methyl sites for hydroxylation is 1. The van der Waals surface area contributed by atoms with Gasteiger partial charge in [0.25, 0.3) is 0 Å². The number of ketones is 1. The fraction of sp³-hybridized carbons (Fsp3) is 0.148. The Balaban J connectivity index is 1.44. The van der Waals surface area contributed by atoms with E-state index in [1.54, 1.807) is 10.7 Å². The van der Waals surface area contributed by atoms with Crippen LogP contribution in [0.15, 0.2) is 78.9 Å². The fourth-order valence-electron chi connectivity index (χ4n) is 4.25. The topological polar surface area (TPSA) is 99.2 Å². The van der Waals surface area contributed by atoms with Crippen LogP contribution in [-0.4, -0.2) is 21.7 Å². The van der Waals surface area contributed by atoms with Gasteiger partial charge in [-0.25, -0.2) is 9.48 Å². The SMILES string of the molecule is Cc1cc(C(=O)Cc2cccc(C3OC(=O)Nc4ccccc43)c2)n(-c2cccc(CN)c2)n1. The first-order valence-electron chi connectivity index (χ1n) is 11.1. The van der Waals surface area contributed by atoms with Crippen LogP contribution in [0.4, 0.5) is 10.5 Å². The van der Waals surface area contributed by atoms with Crippen LogP contribution in [0.1, 0.15) is 44.5 Å². The molecular weight excluding hydrogens is 428 g/mol. The van der Waals surface area contributed by atoms with Crippen molar-refractivity contribution in [3.63, 3.8) is 0 Å². The molecule has 0 saturated heterocycles. The van der Waals surface area contributed by atoms with Gasteiger partial charge in [-0.05, 0) is 47.9 Å². The molecule has 0 radical (unpaired) electrons. The summed E-state index contributed by atoms with van der Waals surface area (Å²) in [5.74, 6) is -0.0568. The summed E-state index contributed by atoms with van der Waals surface area (Å²) in [6.45, 7) is 2.28. The zero-order valence-corrected chi connectivity index (χ0v) is 18.7. The molecule has 3 aromatic carbocycles. The van der Waals surface area contributed by atoms with Gasteiger partial charge < -0.3 is 10.5 Å². The number of nitrogens with two attached hydrogens (primary N) is 1. The summed E-state index contributed by atoms with van der Waals surface area (Å²) in [5.41, 5.74) is 12.1. The highest BCUT2D eigenvalue weighted by atomic mass is 16.6. The van der Waals surface area contributed by atoms with E-state index in [4.69, 9.17) is 10.5 Å². The van der Waals surface area contributed by atoms with E-state index in [0.717, 1.165) is 39.3 Å². The number of cyclic esters (lactones) is 1. The third-order valence-electron chi connectivity index (χ3n) is 5.83. The minimum absolute atomic E-state index is 0.0568. The molecule has 7 heteroatoms. The molecule has 1 aliphatic rings. The first-order chi connectivity index (χ1) is 16.5. The molecule has 5 rings (SSSR count). The highest BCUT2D eigenvalue weighted by molar-refractivity contribution is 5.96. The second kappa shape index (κ2) is 8.96. The van der Waals surface area contributed by atoms with Crippen molar-refractivity contribution >= 4 is 17.6 Å². The number of benzene rings is 3. The van der Waals surface area contributed by atoms with Gasteiger partial charge in [-0.3, -0.25) is 10.1 Å². The molecule has 0 fully saturated rings. The summed E-state index contributed by atoms with van der Waals surface area (Å²) in [5, 5.41) is 7.26. The van der Waals surface area contributed by atoms with Crippen molar-refractivity contribution < 1.29 is 14.3 Å². The van der Waals surface area contributed by atoms with Crippen molar-refractivity contribution in [2.75, 3.05) is 5.32 Å². The van der Waals surface area contributed by atoms with Crippen LogP contribution >= 0.6 is 0 Å². The van der Waals surface area contributed by atoms with Crippen molar-refractivity contribution in [2.45, 2.75) is 26.0 Å². The number of Topliss-reactive ketones (excluding diaryl/α,β-unsaturated/α-hetero) is 1. The number of nitrogens with one attached hydrogen (secondary N) is 1. The second-order valence-corrected chi connectivity index (χ2v) is 8.30. The number of nitrogens with zero attached hydrogens (tertiary/aromatic N) is 2. The van der Waals surface area contributed by atoms with E-state index < -0.39 is 12.2 Å². The summed E-state index contributed by atoms with van der Waals surface area (Å²) in [4.78, 5) is 25.4. The molecule has 1 unspecified atom stereocenters. The highest BCUT2D eigenvalue weighted by Gasteiger charge is 2.27. The van der Waals surface area contributed by atoms with Crippen LogP contribution in [-0.2, 0) is 17.7 Å². The van der Waals surface area contributed by atoms with Crippen molar-refractivity contribution in [1.29, 1.82) is 0 Å². The number of carbonyl (C=O) groups is 2. The van der Waals surface area contributed by atoms with Gasteiger partial charge in [-0.1, -0.05) is 54.6 Å². The van der Waals surface area contributed by atoms with Gasteiger partial charge in [0.15, 0.2) is 11.9 Å². The molecule has 2 heterocycles. The van der Waals surface area contributed by atoms with Crippen LogP contribution in [0.3, 0.4) is 0 Å². The Labute approximate surface area is 197 Å². The molecule has 4 aromatic rings. The number of anilines is 1. The van der Waals surface area contributed by atoms with Gasteiger partial charge in [0.05, 0.1) is 17.1 Å². The van der Waals surface area contributed by atoms with Gasteiger partial charge in [-0.15, -0.1) is 0 Å². The van der Waals surface area contributed by atoms with Crippen LogP contribution in [0, 0.1) is 6.92 Å². The number of amides is 1. The molecule has 3 N–H and O–H groups in total. The quantitative estimate of drug-likeness (QED) is 0.413. The van der Waals surface area contributed by atoms with Crippen molar-refractivity contribution in [2.24, 2.45) is 5.73 Å². The maximum Gasteiger partial charge on any atom is 0.412 e. The summed E-state index contributed by atoms with van der Waals surface area (Å²) >= 11 is 0. The second-order valence-electron chi connectivity index (χ2n) is 8.30. The van der Waals surface area contributed by atoms with E-state index in [0.29, 0.717) is 12.2 Å². The molecule has 7 nitrogen and oxygen atoms in total. The van der Waals surface area contributed by atoms with Crippen LogP contribution in [0.5, 0.6) is 0 Å². The highest BCUT2D eigenvalue weighted by Crippen LogP contribution is 2.35. The predicted molar refractivity (Wildman–Crippen MR) is 129 cm³/mol. The lowest BCUT2D eigenvalue weighted by Gasteiger charge is -2.26. The summed E-state index contributed by atoms with van der Waals surface area (Å²) in [6, 6.07) is 24.6. The third kappa shape index (κ3) is 4.21. The lowest BCUT2D eigenvalue weighted by molar-refractivity contribution is 0.0984. The van der Waals surface area contributed by atoms with Gasteiger partial charge in [-0.2, -0.15) is 5.10 Å². The largest absolute Gasteiger partial charge is 0.436 e. The molecule has 1 aromatic heterocycles. The molecule has 0 bridgehead atoms. The predicted octanol–water partition coefficient (Wildman–Crippen LogP) is 4.72. The zero-order valence-electron chi connectivity index (χ0n) is 18.7. The van der Waals surface area contributed by atoms with E-state index in [1.807, 2.05) is 79.7 Å². The first-order valence-corrected chi connectivity index (χ1v) is 11.1. The number of aromatic nitrogens is 2. The molecule has 34 heavy (non-hydrogen) atoms. The maximum absolute atomic E-state index is 13.3. The lowest BCUT2D eigenvalue weighted by Crippen LogP contribution is -2.25. The average molecular weight is 453 g/mol. The van der Waals surface area contributed by atoms with E-state index in [9.17, 15) is 9.59 Å². The summed E-state index contributed by atoms with van der Waals surface area (Å²) in [6.07, 6.45) is -0.841. The number of hydrogen-bond acceptors (Lipinski definition) is 5. The molecule has 1 atom stereocenters. The summed E-state index contributed by atoms with van der Waals surface area (Å²) in [7, 11) is 0. The van der Waals surface area contributed by atoms with Gasteiger partial charge in [0.1, 0.15) is 5.69 Å². The van der Waals surface area contributed by atoms with E-state index >= 15 is 0 Å². The molecule has 0 aliphatic carbocycles. The van der Waals surface area contributed by atoms with Gasteiger partial charge in [0, 0.05) is 18.5 Å². The third-order valence-corrected chi connectivity index (χ3v) is 5.83. The number of hydrogen-bond donors (Lipinski definition) is 2. The van der Waals surface area contributed by atoms with Gasteiger partial charge in [0.2, 0.25) is 0 Å². The van der Waals surface area contributed by atoms with Crippen molar-refractivity contribution in [3.8, 4) is 5.69 Å². The Morgan fingerprint density at radius 3 is 2.68 bits per heavy atom. The number of rotatable bonds is 6. The van der Waals surface area contributed by atoms with Crippen LogP contribution in [0.25, 0.3) is 5.69 Å². The standard InChI is InChI=1S/C27H24N4O3/c1-17-12-24(31(30-17)21-9-5-7-19(14-21)16-28)25(32)15-18-6-4-8-20(13-18)26-22-10-2-3-11-23(22)29-27(33)34-26/h2-14,26H,15-16,28H2,1H3,(H,29,33). The smallest absolute Gasteiger partial charge is 0.412 e. The molecular formula is C27H24N4O3. The van der Waals surface area contributed by atoms with Crippen LogP contribution < -0.4 is 11.1 Å². The minimum atomic E-state index is -0.535. The summed E-state index contributed by atoms with van der Waals surface area (Å²) < 4.78 is 7.26. The molecule has 1 amide bonds. The molecule has 170 valence electrons. The van der Waals surface area contributed by atoms with Crippen molar-refractivity contribution in [3.05, 3.63) is 113 Å². The fourth-order valence-corrected chi connectivity index (χ4v) is 4.25. The van der Waals surface area contributed by atoms with Crippen molar-refractivity contribution in [1.82, 2.24) is 9.78 Å². The molecule has 0 spiro atoms. The van der Waals surface area contributed by atoms with Gasteiger partial charge >= 0.3 is 6.09 Å².